The number of aromatic nitrogens is 5. The Morgan fingerprint density at radius 3 is 1.08 bits per heavy atom. The molecule has 2 N–H and O–H groups in total. The van der Waals surface area contributed by atoms with Crippen LogP contribution in [0.4, 0.5) is 0 Å². The minimum absolute atomic E-state index is 0.488. The van der Waals surface area contributed by atoms with Gasteiger partial charge in [0.1, 0.15) is 5.82 Å². The third-order valence-electron chi connectivity index (χ3n) is 21.5. The summed E-state index contributed by atoms with van der Waals surface area (Å²) >= 11 is 3.80. The lowest BCUT2D eigenvalue weighted by Gasteiger charge is -2.16. The van der Waals surface area contributed by atoms with E-state index in [9.17, 15) is 10.0 Å². The second-order valence-electron chi connectivity index (χ2n) is 27.8. The van der Waals surface area contributed by atoms with Gasteiger partial charge in [-0.2, -0.15) is 0 Å². The molecule has 0 aliphatic rings. The molecule has 510 valence electrons. The van der Waals surface area contributed by atoms with Gasteiger partial charge in [0.2, 0.25) is 0 Å². The van der Waals surface area contributed by atoms with Gasteiger partial charge in [-0.15, -0.1) is 0 Å². The van der Waals surface area contributed by atoms with Crippen LogP contribution in [0, 0.1) is 0 Å². The summed E-state index contributed by atoms with van der Waals surface area (Å²) in [4.78, 5) is 20.6. The second kappa shape index (κ2) is 27.1. The topological polar surface area (TPSA) is 97.0 Å². The Morgan fingerprint density at radius 2 is 0.596 bits per heavy atom. The smallest absolute Gasteiger partial charge is 0.423 e. The third kappa shape index (κ3) is 11.5. The van der Waals surface area contributed by atoms with E-state index in [1.54, 1.807) is 0 Å². The molecule has 4 aromatic heterocycles. The summed E-state index contributed by atoms with van der Waals surface area (Å²) in [5.41, 5.74) is 16.1. The molecule has 18 aromatic carbocycles. The number of hydrogen-bond donors (Lipinski definition) is 2. The molecule has 0 atom stereocenters. The standard InChI is InChI=1S/C46H29N3.C27H18BNO2.C27H16BrN/c1-2-14-35(15-3-1)49-43-21-11-10-20-42(43)48-46(49)32-25-23-31(24-26-32)39-29-40-44(37-17-7-6-16-36(37)39)38-18-8-9-19-41(38)47-45(40)34-27-22-30-12-4-5-13-33(30)28-34;30-28(31)24-16-23-26(21-10-4-3-9-20(21)24)22-11-5-6-12-25(22)29-27(23)19-14-13-17-7-1-2-8-18(17)15-19;28-24-16-23-26(21-10-4-3-9-20(21)24)22-11-5-6-12-25(22)29-27(23)19-14-13-17-7-1-2-8-18(17)15-19/h1-29H;1-16,30-31H;1-16H. The van der Waals surface area contributed by atoms with Gasteiger partial charge in [-0.3, -0.25) is 4.57 Å². The SMILES string of the molecule is Brc1cc2c(-c3ccc4ccccc4c3)nc3ccccc3c2c2ccccc12.OB(O)c1cc2c(-c3ccc4ccccc4c3)nc3ccccc3c2c2ccccc12.c1ccc(-n2c(-c3ccc(-c4cc5c(-c6ccc7ccccc7c6)nc6ccccc6c5c5ccccc45)cc3)nc3ccccc32)cc1. The Bertz CT molecular complexity index is 7430. The molecule has 0 saturated heterocycles. The van der Waals surface area contributed by atoms with Gasteiger partial charge in [0.05, 0.1) is 44.7 Å². The number of pyridine rings is 3. The van der Waals surface area contributed by atoms with Crippen molar-refractivity contribution in [3.8, 4) is 62.0 Å². The molecule has 0 spiro atoms. The number of halogens is 1. The molecule has 0 unspecified atom stereocenters. The van der Waals surface area contributed by atoms with Gasteiger partial charge >= 0.3 is 7.12 Å². The lowest BCUT2D eigenvalue weighted by molar-refractivity contribution is 0.426. The first kappa shape index (κ1) is 65.0. The molecule has 7 nitrogen and oxygen atoms in total. The highest BCUT2D eigenvalue weighted by Crippen LogP contribution is 2.45. The molecule has 0 aliphatic heterocycles. The van der Waals surface area contributed by atoms with Crippen LogP contribution in [0.5, 0.6) is 0 Å². The first-order chi connectivity index (χ1) is 53.8. The Morgan fingerprint density at radius 1 is 0.248 bits per heavy atom. The number of hydrogen-bond acceptors (Lipinski definition) is 6. The van der Waals surface area contributed by atoms with Crippen LogP contribution in [0.2, 0.25) is 0 Å². The summed E-state index contributed by atoms with van der Waals surface area (Å²) < 4.78 is 3.35. The first-order valence-corrected chi connectivity index (χ1v) is 37.4. The van der Waals surface area contributed by atoms with Gasteiger partial charge in [-0.05, 0) is 154 Å². The van der Waals surface area contributed by atoms with E-state index in [1.165, 1.54) is 81.0 Å². The predicted molar refractivity (Wildman–Crippen MR) is 462 cm³/mol. The van der Waals surface area contributed by atoms with Crippen LogP contribution < -0.4 is 5.46 Å². The Labute approximate surface area is 635 Å². The van der Waals surface area contributed by atoms with Crippen LogP contribution >= 0.6 is 15.9 Å². The van der Waals surface area contributed by atoms with E-state index < -0.39 is 7.12 Å². The molecule has 0 radical (unpaired) electrons. The zero-order valence-corrected chi connectivity index (χ0v) is 60.4. The summed E-state index contributed by atoms with van der Waals surface area (Å²) in [5, 5.41) is 44.5. The van der Waals surface area contributed by atoms with Gasteiger partial charge < -0.3 is 10.0 Å². The number of benzene rings is 18. The van der Waals surface area contributed by atoms with E-state index in [-0.39, 0.29) is 0 Å². The maximum Gasteiger partial charge on any atom is 0.489 e. The van der Waals surface area contributed by atoms with Crippen LogP contribution in [-0.4, -0.2) is 41.7 Å². The number of imidazole rings is 1. The third-order valence-corrected chi connectivity index (χ3v) is 22.1. The Balaban J connectivity index is 0.000000113. The van der Waals surface area contributed by atoms with Crippen molar-refractivity contribution in [3.05, 3.63) is 375 Å². The van der Waals surface area contributed by atoms with Crippen molar-refractivity contribution in [1.82, 2.24) is 24.5 Å². The van der Waals surface area contributed by atoms with Gasteiger partial charge in [0.25, 0.3) is 0 Å². The summed E-state index contributed by atoms with van der Waals surface area (Å²) in [7, 11) is -1.56. The Kier molecular flexibility index (Phi) is 16.2. The minimum Gasteiger partial charge on any atom is -0.423 e. The predicted octanol–water partition coefficient (Wildman–Crippen LogP) is 25.2. The van der Waals surface area contributed by atoms with Crippen LogP contribution in [-0.2, 0) is 0 Å². The van der Waals surface area contributed by atoms with Crippen molar-refractivity contribution in [2.45, 2.75) is 0 Å². The lowest BCUT2D eigenvalue weighted by Crippen LogP contribution is -2.30. The van der Waals surface area contributed by atoms with Gasteiger partial charge in [0.15, 0.2) is 0 Å². The summed E-state index contributed by atoms with van der Waals surface area (Å²) in [6.45, 7) is 0. The number of fused-ring (bicyclic) bond motifs is 19. The highest BCUT2D eigenvalue weighted by Gasteiger charge is 2.24. The van der Waals surface area contributed by atoms with Crippen molar-refractivity contribution in [2.75, 3.05) is 0 Å². The zero-order chi connectivity index (χ0) is 72.6. The quantitative estimate of drug-likeness (QED) is 0.122. The number of nitrogens with zero attached hydrogens (tertiary/aromatic N) is 5. The average molecular weight is 1460 g/mol. The number of para-hydroxylation sites is 6. The maximum absolute atomic E-state index is 10.1. The second-order valence-corrected chi connectivity index (χ2v) is 28.7. The van der Waals surface area contributed by atoms with Crippen molar-refractivity contribution in [3.63, 3.8) is 0 Å². The molecule has 0 saturated carbocycles. The fourth-order valence-electron chi connectivity index (χ4n) is 16.4. The van der Waals surface area contributed by atoms with Gasteiger partial charge in [-0.25, -0.2) is 19.9 Å². The normalized spacial score (nSPS) is 11.6. The first-order valence-electron chi connectivity index (χ1n) is 36.7. The van der Waals surface area contributed by atoms with Crippen LogP contribution in [0.3, 0.4) is 0 Å². The van der Waals surface area contributed by atoms with Gasteiger partial charge in [0, 0.05) is 80.9 Å². The molecule has 9 heteroatoms. The lowest BCUT2D eigenvalue weighted by atomic mass is 9.75. The molecule has 22 aromatic rings. The maximum atomic E-state index is 10.1. The summed E-state index contributed by atoms with van der Waals surface area (Å²) in [5.74, 6) is 0.927. The van der Waals surface area contributed by atoms with Crippen LogP contribution in [0.15, 0.2) is 375 Å². The largest absolute Gasteiger partial charge is 0.489 e. The van der Waals surface area contributed by atoms with Crippen molar-refractivity contribution in [2.24, 2.45) is 0 Å². The summed E-state index contributed by atoms with van der Waals surface area (Å²) in [6.07, 6.45) is 0. The van der Waals surface area contributed by atoms with Crippen molar-refractivity contribution >= 4 is 169 Å². The molecular formula is C100H63BBrN5O2. The molecule has 0 bridgehead atoms. The average Bonchev–Trinajstić information content (AvgIpc) is 1.48. The van der Waals surface area contributed by atoms with Crippen LogP contribution in [0.25, 0.3) is 203 Å². The van der Waals surface area contributed by atoms with E-state index in [0.717, 1.165) is 126 Å². The minimum atomic E-state index is -1.56. The molecule has 22 rings (SSSR count). The zero-order valence-electron chi connectivity index (χ0n) is 58.8. The highest BCUT2D eigenvalue weighted by atomic mass is 79.9. The monoisotopic (exact) mass is 1460 g/mol. The van der Waals surface area contributed by atoms with E-state index in [1.807, 2.05) is 66.7 Å². The van der Waals surface area contributed by atoms with E-state index in [4.69, 9.17) is 19.9 Å². The Hall–Kier alpha value is -13.5. The molecular weight excluding hydrogens is 1390 g/mol. The van der Waals surface area contributed by atoms with E-state index in [0.29, 0.717) is 5.46 Å². The van der Waals surface area contributed by atoms with Gasteiger partial charge in [-0.1, -0.05) is 313 Å². The summed E-state index contributed by atoms with van der Waals surface area (Å²) in [6, 6.07) is 129. The molecule has 109 heavy (non-hydrogen) atoms. The molecule has 4 heterocycles. The number of rotatable bonds is 7. The highest BCUT2D eigenvalue weighted by molar-refractivity contribution is 9.10. The van der Waals surface area contributed by atoms with E-state index in [2.05, 4.69) is 324 Å². The fourth-order valence-corrected chi connectivity index (χ4v) is 17.0. The molecule has 0 amide bonds. The van der Waals surface area contributed by atoms with Crippen molar-refractivity contribution < 1.29 is 10.0 Å². The fraction of sp³-hybridized carbons (Fsp3) is 0. The van der Waals surface area contributed by atoms with Crippen LogP contribution in [0.1, 0.15) is 0 Å². The van der Waals surface area contributed by atoms with Crippen molar-refractivity contribution in [1.29, 1.82) is 0 Å². The molecule has 0 fully saturated rings. The van der Waals surface area contributed by atoms with E-state index >= 15 is 0 Å². The molecule has 0 aliphatic carbocycles.